The maximum atomic E-state index is 12.4. The number of carbonyl (C=O) groups excluding carboxylic acids is 1. The predicted molar refractivity (Wildman–Crippen MR) is 105 cm³/mol. The Morgan fingerprint density at radius 3 is 2.69 bits per heavy atom. The number of aromatic nitrogens is 2. The van der Waals surface area contributed by atoms with E-state index in [4.69, 9.17) is 4.74 Å². The van der Waals surface area contributed by atoms with Gasteiger partial charge in [-0.3, -0.25) is 9.69 Å². The number of rotatable bonds is 7. The van der Waals surface area contributed by atoms with Gasteiger partial charge in [0.2, 0.25) is 0 Å². The van der Waals surface area contributed by atoms with Gasteiger partial charge in [0.15, 0.2) is 0 Å². The topological polar surface area (TPSA) is 59.4 Å². The second-order valence-corrected chi connectivity index (χ2v) is 7.36. The van der Waals surface area contributed by atoms with Crippen LogP contribution in [0.5, 0.6) is 0 Å². The van der Waals surface area contributed by atoms with Crippen LogP contribution in [0.15, 0.2) is 34.9 Å². The molecule has 26 heavy (non-hydrogen) atoms. The van der Waals surface area contributed by atoms with Crippen molar-refractivity contribution in [1.29, 1.82) is 0 Å². The van der Waals surface area contributed by atoms with Gasteiger partial charge in [0.1, 0.15) is 0 Å². The Morgan fingerprint density at radius 2 is 1.96 bits per heavy atom. The van der Waals surface area contributed by atoms with Crippen LogP contribution >= 0.6 is 15.9 Å². The van der Waals surface area contributed by atoms with Crippen LogP contribution < -0.4 is 5.32 Å². The monoisotopic (exact) mass is 420 g/mol. The van der Waals surface area contributed by atoms with E-state index in [2.05, 4.69) is 31.2 Å². The molecule has 0 unspecified atom stereocenters. The first kappa shape index (κ1) is 19.1. The minimum Gasteiger partial charge on any atom is -0.379 e. The first-order valence-corrected chi connectivity index (χ1v) is 9.83. The van der Waals surface area contributed by atoms with Crippen LogP contribution in [0.25, 0.3) is 5.69 Å². The Balaban J connectivity index is 1.46. The molecule has 1 aliphatic rings. The van der Waals surface area contributed by atoms with Crippen LogP contribution in [-0.4, -0.2) is 60.0 Å². The molecule has 1 N–H and O–H groups in total. The van der Waals surface area contributed by atoms with Gasteiger partial charge in [0, 0.05) is 24.1 Å². The quantitative estimate of drug-likeness (QED) is 0.699. The number of hydrogen-bond donors (Lipinski definition) is 1. The molecule has 0 spiro atoms. The highest BCUT2D eigenvalue weighted by Gasteiger charge is 2.15. The summed E-state index contributed by atoms with van der Waals surface area (Å²) in [7, 11) is 0. The molecule has 0 radical (unpaired) electrons. The number of hydrogen-bond acceptors (Lipinski definition) is 4. The average molecular weight is 421 g/mol. The number of nitrogens with one attached hydrogen (secondary N) is 1. The summed E-state index contributed by atoms with van der Waals surface area (Å²) in [6.45, 7) is 7.37. The minimum atomic E-state index is -0.0581. The summed E-state index contributed by atoms with van der Waals surface area (Å²) in [6, 6.07) is 7.87. The zero-order valence-corrected chi connectivity index (χ0v) is 16.7. The molecule has 0 aliphatic carbocycles. The van der Waals surface area contributed by atoms with E-state index in [9.17, 15) is 4.79 Å². The molecule has 1 aliphatic heterocycles. The zero-order valence-electron chi connectivity index (χ0n) is 15.1. The van der Waals surface area contributed by atoms with Gasteiger partial charge in [-0.05, 0) is 50.6 Å². The molecule has 1 saturated heterocycles. The van der Waals surface area contributed by atoms with Crippen molar-refractivity contribution in [2.75, 3.05) is 39.4 Å². The largest absolute Gasteiger partial charge is 0.379 e. The highest BCUT2D eigenvalue weighted by molar-refractivity contribution is 9.10. The molecule has 1 aromatic carbocycles. The first-order valence-electron chi connectivity index (χ1n) is 9.04. The number of benzene rings is 1. The summed E-state index contributed by atoms with van der Waals surface area (Å²) in [5, 5.41) is 7.37. The van der Waals surface area contributed by atoms with Gasteiger partial charge in [-0.15, -0.1) is 0 Å². The second kappa shape index (κ2) is 9.30. The number of amides is 1. The molecule has 7 heteroatoms. The normalized spacial score (nSPS) is 15.2. The van der Waals surface area contributed by atoms with Gasteiger partial charge < -0.3 is 10.1 Å². The van der Waals surface area contributed by atoms with Crippen LogP contribution in [0.1, 0.15) is 28.9 Å². The number of unbranched alkanes of at least 4 members (excludes halogenated alkanes) is 1. The number of halogens is 1. The lowest BCUT2D eigenvalue weighted by Gasteiger charge is -2.26. The Hall–Kier alpha value is -1.70. The molecule has 2 aromatic rings. The zero-order chi connectivity index (χ0) is 18.4. The van der Waals surface area contributed by atoms with Crippen LogP contribution in [0, 0.1) is 6.92 Å². The maximum Gasteiger partial charge on any atom is 0.254 e. The highest BCUT2D eigenvalue weighted by Crippen LogP contribution is 2.17. The fraction of sp³-hybridized carbons (Fsp3) is 0.474. The van der Waals surface area contributed by atoms with E-state index >= 15 is 0 Å². The maximum absolute atomic E-state index is 12.4. The summed E-state index contributed by atoms with van der Waals surface area (Å²) in [5.41, 5.74) is 2.41. The fourth-order valence-electron chi connectivity index (χ4n) is 3.06. The summed E-state index contributed by atoms with van der Waals surface area (Å²) in [5.74, 6) is -0.0581. The van der Waals surface area contributed by atoms with Crippen molar-refractivity contribution in [3.63, 3.8) is 0 Å². The van der Waals surface area contributed by atoms with E-state index in [-0.39, 0.29) is 5.91 Å². The van der Waals surface area contributed by atoms with Crippen molar-refractivity contribution in [1.82, 2.24) is 20.0 Å². The molecule has 6 nitrogen and oxygen atoms in total. The Morgan fingerprint density at radius 1 is 1.23 bits per heavy atom. The van der Waals surface area contributed by atoms with Crippen LogP contribution in [0.3, 0.4) is 0 Å². The standard InChI is InChI=1S/C19H25BrN4O2/c1-15-18(14-22-24(15)17-6-4-16(20)5-7-17)19(25)21-8-2-3-9-23-10-12-26-13-11-23/h4-7,14H,2-3,8-13H2,1H3,(H,21,25). The Labute approximate surface area is 162 Å². The molecule has 1 aromatic heterocycles. The second-order valence-electron chi connectivity index (χ2n) is 6.45. The third-order valence-electron chi connectivity index (χ3n) is 4.62. The van der Waals surface area contributed by atoms with Gasteiger partial charge >= 0.3 is 0 Å². The van der Waals surface area contributed by atoms with Gasteiger partial charge in [0.05, 0.1) is 36.4 Å². The summed E-state index contributed by atoms with van der Waals surface area (Å²) < 4.78 is 8.16. The molecule has 1 amide bonds. The molecular weight excluding hydrogens is 396 g/mol. The molecule has 140 valence electrons. The molecule has 3 rings (SSSR count). The van der Waals surface area contributed by atoms with Gasteiger partial charge in [-0.2, -0.15) is 5.10 Å². The molecule has 0 saturated carbocycles. The number of morpholine rings is 1. The predicted octanol–water partition coefficient (Wildman–Crippen LogP) is 2.79. The van der Waals surface area contributed by atoms with E-state index in [0.717, 1.165) is 61.5 Å². The number of carbonyl (C=O) groups is 1. The van der Waals surface area contributed by atoms with Crippen molar-refractivity contribution < 1.29 is 9.53 Å². The average Bonchev–Trinajstić information content (AvgIpc) is 3.04. The number of ether oxygens (including phenoxy) is 1. The van der Waals surface area contributed by atoms with Crippen molar-refractivity contribution >= 4 is 21.8 Å². The van der Waals surface area contributed by atoms with Crippen molar-refractivity contribution in [3.8, 4) is 5.69 Å². The van der Waals surface area contributed by atoms with Crippen LogP contribution in [0.2, 0.25) is 0 Å². The lowest BCUT2D eigenvalue weighted by molar-refractivity contribution is 0.0372. The number of nitrogens with zero attached hydrogens (tertiary/aromatic N) is 3. The summed E-state index contributed by atoms with van der Waals surface area (Å²) >= 11 is 3.43. The van der Waals surface area contributed by atoms with E-state index in [1.807, 2.05) is 31.2 Å². The van der Waals surface area contributed by atoms with Crippen LogP contribution in [0.4, 0.5) is 0 Å². The summed E-state index contributed by atoms with van der Waals surface area (Å²) in [4.78, 5) is 14.8. The molecule has 0 atom stereocenters. The third-order valence-corrected chi connectivity index (χ3v) is 5.14. The van der Waals surface area contributed by atoms with E-state index in [1.54, 1.807) is 10.9 Å². The van der Waals surface area contributed by atoms with Gasteiger partial charge in [0.25, 0.3) is 5.91 Å². The molecule has 0 bridgehead atoms. The first-order chi connectivity index (χ1) is 12.6. The third kappa shape index (κ3) is 4.93. The fourth-order valence-corrected chi connectivity index (χ4v) is 3.32. The van der Waals surface area contributed by atoms with Gasteiger partial charge in [-0.1, -0.05) is 15.9 Å². The summed E-state index contributed by atoms with van der Waals surface area (Å²) in [6.07, 6.45) is 3.70. The lowest BCUT2D eigenvalue weighted by atomic mass is 10.2. The molecule has 2 heterocycles. The van der Waals surface area contributed by atoms with Crippen molar-refractivity contribution in [3.05, 3.63) is 46.2 Å². The SMILES string of the molecule is Cc1c(C(=O)NCCCCN2CCOCC2)cnn1-c1ccc(Br)cc1. The smallest absolute Gasteiger partial charge is 0.254 e. The van der Waals surface area contributed by atoms with E-state index < -0.39 is 0 Å². The Bertz CT molecular complexity index is 724. The molecular formula is C19H25BrN4O2. The van der Waals surface area contributed by atoms with Crippen molar-refractivity contribution in [2.24, 2.45) is 0 Å². The van der Waals surface area contributed by atoms with E-state index in [0.29, 0.717) is 12.1 Å². The lowest BCUT2D eigenvalue weighted by Crippen LogP contribution is -2.37. The van der Waals surface area contributed by atoms with Gasteiger partial charge in [-0.25, -0.2) is 4.68 Å². The minimum absolute atomic E-state index is 0.0581. The van der Waals surface area contributed by atoms with Crippen LogP contribution in [-0.2, 0) is 4.74 Å². The van der Waals surface area contributed by atoms with Crippen molar-refractivity contribution in [2.45, 2.75) is 19.8 Å². The molecule has 1 fully saturated rings. The highest BCUT2D eigenvalue weighted by atomic mass is 79.9. The Kier molecular flexibility index (Phi) is 6.82. The van der Waals surface area contributed by atoms with E-state index in [1.165, 1.54) is 0 Å².